The first-order chi connectivity index (χ1) is 8.69. The Hall–Kier alpha value is -1.09. The molecule has 0 amide bonds. The van der Waals surface area contributed by atoms with E-state index in [9.17, 15) is 4.39 Å². The Morgan fingerprint density at radius 1 is 1.39 bits per heavy atom. The molecule has 0 bridgehead atoms. The van der Waals surface area contributed by atoms with Gasteiger partial charge in [-0.2, -0.15) is 0 Å². The molecule has 0 aliphatic carbocycles. The highest BCUT2D eigenvalue weighted by Crippen LogP contribution is 2.26. The van der Waals surface area contributed by atoms with Gasteiger partial charge in [0.05, 0.1) is 13.3 Å². The minimum atomic E-state index is -0.329. The molecule has 0 aliphatic heterocycles. The van der Waals surface area contributed by atoms with Crippen LogP contribution in [0.2, 0.25) is 0 Å². The van der Waals surface area contributed by atoms with Crippen LogP contribution in [-0.2, 0) is 0 Å². The highest BCUT2D eigenvalue weighted by molar-refractivity contribution is 5.38. The van der Waals surface area contributed by atoms with Crippen molar-refractivity contribution in [3.63, 3.8) is 0 Å². The molecular weight excluding hydrogens is 229 g/mol. The van der Waals surface area contributed by atoms with Crippen molar-refractivity contribution >= 4 is 0 Å². The van der Waals surface area contributed by atoms with Crippen LogP contribution < -0.4 is 10.1 Å². The van der Waals surface area contributed by atoms with E-state index >= 15 is 0 Å². The number of ether oxygens (including phenoxy) is 1. The Morgan fingerprint density at radius 3 is 2.83 bits per heavy atom. The Bertz CT molecular complexity index is 354. The molecule has 0 saturated heterocycles. The molecule has 0 spiro atoms. The van der Waals surface area contributed by atoms with E-state index < -0.39 is 0 Å². The molecule has 2 nitrogen and oxygen atoms in total. The van der Waals surface area contributed by atoms with Crippen molar-refractivity contribution in [2.24, 2.45) is 0 Å². The molecule has 1 N–H and O–H groups in total. The van der Waals surface area contributed by atoms with Crippen LogP contribution in [0, 0.1) is 6.92 Å². The largest absolute Gasteiger partial charge is 0.493 e. The summed E-state index contributed by atoms with van der Waals surface area (Å²) in [7, 11) is 0. The highest BCUT2D eigenvalue weighted by atomic mass is 19.1. The lowest BCUT2D eigenvalue weighted by Crippen LogP contribution is -2.20. The van der Waals surface area contributed by atoms with Crippen molar-refractivity contribution in [3.05, 3.63) is 29.3 Å². The van der Waals surface area contributed by atoms with Crippen molar-refractivity contribution < 1.29 is 9.13 Å². The summed E-state index contributed by atoms with van der Waals surface area (Å²) in [5.74, 6) is 0.866. The zero-order chi connectivity index (χ0) is 13.4. The van der Waals surface area contributed by atoms with E-state index in [0.717, 1.165) is 24.3 Å². The number of nitrogens with one attached hydrogen (secondary N) is 1. The average Bonchev–Trinajstić information content (AvgIpc) is 2.38. The molecule has 18 heavy (non-hydrogen) atoms. The molecule has 0 fully saturated rings. The van der Waals surface area contributed by atoms with Crippen LogP contribution in [0.5, 0.6) is 5.75 Å². The Morgan fingerprint density at radius 2 is 2.17 bits per heavy atom. The highest BCUT2D eigenvalue weighted by Gasteiger charge is 2.11. The third kappa shape index (κ3) is 4.65. The molecule has 0 aromatic heterocycles. The Labute approximate surface area is 110 Å². The van der Waals surface area contributed by atoms with Gasteiger partial charge in [-0.1, -0.05) is 24.6 Å². The van der Waals surface area contributed by atoms with Gasteiger partial charge < -0.3 is 10.1 Å². The first kappa shape index (κ1) is 15.0. The van der Waals surface area contributed by atoms with Crippen molar-refractivity contribution in [3.8, 4) is 5.75 Å². The van der Waals surface area contributed by atoms with E-state index in [2.05, 4.69) is 32.2 Å². The van der Waals surface area contributed by atoms with E-state index in [4.69, 9.17) is 4.74 Å². The number of rotatable bonds is 8. The minimum absolute atomic E-state index is 0.255. The fourth-order valence-electron chi connectivity index (χ4n) is 1.85. The molecular formula is C15H24FNO. The van der Waals surface area contributed by atoms with E-state index in [1.165, 1.54) is 5.56 Å². The summed E-state index contributed by atoms with van der Waals surface area (Å²) in [6, 6.07) is 6.40. The smallest absolute Gasteiger partial charge is 0.124 e. The van der Waals surface area contributed by atoms with Crippen LogP contribution in [0.15, 0.2) is 18.2 Å². The maximum atomic E-state index is 12.1. The molecule has 3 heteroatoms. The second-order valence-electron chi connectivity index (χ2n) is 4.61. The lowest BCUT2D eigenvalue weighted by molar-refractivity contribution is 0.285. The summed E-state index contributed by atoms with van der Waals surface area (Å²) < 4.78 is 17.7. The van der Waals surface area contributed by atoms with E-state index in [1.807, 2.05) is 12.1 Å². The molecule has 1 aromatic rings. The molecule has 1 atom stereocenters. The summed E-state index contributed by atoms with van der Waals surface area (Å²) in [6.45, 7) is 7.44. The van der Waals surface area contributed by atoms with E-state index in [1.54, 1.807) is 0 Å². The average molecular weight is 253 g/mol. The van der Waals surface area contributed by atoms with Crippen molar-refractivity contribution in [2.45, 2.75) is 39.7 Å². The summed E-state index contributed by atoms with van der Waals surface area (Å²) in [5.41, 5.74) is 2.37. The second kappa shape index (κ2) is 8.09. The third-order valence-corrected chi connectivity index (χ3v) is 2.87. The van der Waals surface area contributed by atoms with E-state index in [-0.39, 0.29) is 12.7 Å². The van der Waals surface area contributed by atoms with Gasteiger partial charge in [-0.3, -0.25) is 4.39 Å². The molecule has 1 unspecified atom stereocenters. The monoisotopic (exact) mass is 253 g/mol. The van der Waals surface area contributed by atoms with Crippen molar-refractivity contribution in [1.82, 2.24) is 5.32 Å². The van der Waals surface area contributed by atoms with Crippen LogP contribution >= 0.6 is 0 Å². The first-order valence-electron chi connectivity index (χ1n) is 6.71. The third-order valence-electron chi connectivity index (χ3n) is 2.87. The SMILES string of the molecule is CCCNC(C)c1cc(C)ccc1OCCCF. The van der Waals surface area contributed by atoms with Gasteiger partial charge in [0, 0.05) is 18.0 Å². The lowest BCUT2D eigenvalue weighted by Gasteiger charge is -2.18. The normalized spacial score (nSPS) is 12.4. The number of hydrogen-bond donors (Lipinski definition) is 1. The van der Waals surface area contributed by atoms with Gasteiger partial charge in [-0.25, -0.2) is 0 Å². The minimum Gasteiger partial charge on any atom is -0.493 e. The molecule has 102 valence electrons. The number of aryl methyl sites for hydroxylation is 1. The quantitative estimate of drug-likeness (QED) is 0.712. The van der Waals surface area contributed by atoms with Crippen LogP contribution in [-0.4, -0.2) is 19.8 Å². The fourth-order valence-corrected chi connectivity index (χ4v) is 1.85. The lowest BCUT2D eigenvalue weighted by atomic mass is 10.0. The Balaban J connectivity index is 2.75. The van der Waals surface area contributed by atoms with Gasteiger partial charge in [0.1, 0.15) is 5.75 Å². The first-order valence-corrected chi connectivity index (χ1v) is 6.71. The summed E-state index contributed by atoms with van der Waals surface area (Å²) in [5, 5.41) is 3.45. The standard InChI is InChI=1S/C15H24FNO/c1-4-9-17-13(3)14-11-12(2)6-7-15(14)18-10-5-8-16/h6-7,11,13,17H,4-5,8-10H2,1-3H3. The van der Waals surface area contributed by atoms with Crippen LogP contribution in [0.25, 0.3) is 0 Å². The number of benzene rings is 1. The van der Waals surface area contributed by atoms with Crippen LogP contribution in [0.3, 0.4) is 0 Å². The van der Waals surface area contributed by atoms with Crippen molar-refractivity contribution in [1.29, 1.82) is 0 Å². The predicted octanol–water partition coefficient (Wildman–Crippen LogP) is 3.79. The second-order valence-corrected chi connectivity index (χ2v) is 4.61. The van der Waals surface area contributed by atoms with Gasteiger partial charge in [0.15, 0.2) is 0 Å². The van der Waals surface area contributed by atoms with Crippen LogP contribution in [0.4, 0.5) is 4.39 Å². The van der Waals surface area contributed by atoms with Gasteiger partial charge in [0.25, 0.3) is 0 Å². The summed E-state index contributed by atoms with van der Waals surface area (Å²) in [6.07, 6.45) is 1.55. The molecule has 1 rings (SSSR count). The maximum absolute atomic E-state index is 12.1. The van der Waals surface area contributed by atoms with Gasteiger partial charge in [0.2, 0.25) is 0 Å². The summed E-state index contributed by atoms with van der Waals surface area (Å²) >= 11 is 0. The van der Waals surface area contributed by atoms with Gasteiger partial charge in [-0.15, -0.1) is 0 Å². The zero-order valence-corrected chi connectivity index (χ0v) is 11.6. The Kier molecular flexibility index (Phi) is 6.73. The molecule has 0 saturated carbocycles. The summed E-state index contributed by atoms with van der Waals surface area (Å²) in [4.78, 5) is 0. The molecule has 0 aliphatic rings. The predicted molar refractivity (Wildman–Crippen MR) is 74.0 cm³/mol. The fraction of sp³-hybridized carbons (Fsp3) is 0.600. The van der Waals surface area contributed by atoms with Crippen LogP contribution in [0.1, 0.15) is 43.9 Å². The topological polar surface area (TPSA) is 21.3 Å². The zero-order valence-electron chi connectivity index (χ0n) is 11.6. The number of hydrogen-bond acceptors (Lipinski definition) is 2. The number of alkyl halides is 1. The number of halogens is 1. The van der Waals surface area contributed by atoms with Crippen molar-refractivity contribution in [2.75, 3.05) is 19.8 Å². The molecule has 1 aromatic carbocycles. The molecule has 0 radical (unpaired) electrons. The van der Waals surface area contributed by atoms with E-state index in [0.29, 0.717) is 13.0 Å². The maximum Gasteiger partial charge on any atom is 0.124 e. The van der Waals surface area contributed by atoms with Gasteiger partial charge in [-0.05, 0) is 32.9 Å². The van der Waals surface area contributed by atoms with Gasteiger partial charge >= 0.3 is 0 Å². The molecule has 0 heterocycles.